The Morgan fingerprint density at radius 2 is 2.04 bits per heavy atom. The Kier molecular flexibility index (Phi) is 6.62. The number of thioether (sulfide) groups is 1. The fourth-order valence-electron chi connectivity index (χ4n) is 1.69. The molecule has 9 heteroatoms. The lowest BCUT2D eigenvalue weighted by Gasteiger charge is -2.03. The van der Waals surface area contributed by atoms with E-state index in [1.807, 2.05) is 31.2 Å². The molecule has 0 unspecified atom stereocenters. The number of nitrogens with one attached hydrogen (secondary N) is 3. The Labute approximate surface area is 143 Å². The minimum absolute atomic E-state index is 0.0489. The van der Waals surface area contributed by atoms with Crippen LogP contribution in [0.1, 0.15) is 18.3 Å². The number of aromatic amines is 1. The predicted molar refractivity (Wildman–Crippen MR) is 89.8 cm³/mol. The topological polar surface area (TPSA) is 109 Å². The van der Waals surface area contributed by atoms with Gasteiger partial charge in [0.1, 0.15) is 12.4 Å². The van der Waals surface area contributed by atoms with Crippen LogP contribution in [0.25, 0.3) is 0 Å². The summed E-state index contributed by atoms with van der Waals surface area (Å²) in [6.45, 7) is 4.48. The number of hydrogen-bond donors (Lipinski definition) is 3. The van der Waals surface area contributed by atoms with Crippen molar-refractivity contribution in [2.24, 2.45) is 0 Å². The van der Waals surface area contributed by atoms with Crippen LogP contribution in [0.3, 0.4) is 0 Å². The van der Waals surface area contributed by atoms with Crippen molar-refractivity contribution in [2.75, 3.05) is 12.3 Å². The molecule has 2 rings (SSSR count). The van der Waals surface area contributed by atoms with Crippen LogP contribution in [0, 0.1) is 6.92 Å². The lowest BCUT2D eigenvalue weighted by atomic mass is 10.2. The highest BCUT2D eigenvalue weighted by Crippen LogP contribution is 2.15. The van der Waals surface area contributed by atoms with Gasteiger partial charge in [-0.15, -0.1) is 5.10 Å². The Bertz CT molecular complexity index is 687. The molecule has 1 aromatic heterocycles. The second-order valence-electron chi connectivity index (χ2n) is 4.86. The summed E-state index contributed by atoms with van der Waals surface area (Å²) < 4.78 is 5.59. The van der Waals surface area contributed by atoms with Gasteiger partial charge in [0.2, 0.25) is 11.1 Å². The zero-order valence-electron chi connectivity index (χ0n) is 13.5. The molecule has 1 aromatic carbocycles. The first-order valence-electron chi connectivity index (χ1n) is 7.38. The van der Waals surface area contributed by atoms with Gasteiger partial charge >= 0.3 is 6.03 Å². The molecule has 8 nitrogen and oxygen atoms in total. The van der Waals surface area contributed by atoms with Crippen LogP contribution >= 0.6 is 11.8 Å². The van der Waals surface area contributed by atoms with Gasteiger partial charge < -0.3 is 10.1 Å². The lowest BCUT2D eigenvalue weighted by molar-refractivity contribution is -0.117. The molecule has 0 bridgehead atoms. The van der Waals surface area contributed by atoms with Crippen LogP contribution in [0.2, 0.25) is 0 Å². The number of carbonyl (C=O) groups is 2. The Hall–Kier alpha value is -2.55. The van der Waals surface area contributed by atoms with Crippen LogP contribution in [-0.2, 0) is 11.4 Å². The summed E-state index contributed by atoms with van der Waals surface area (Å²) in [5.74, 6) is 0.940. The summed E-state index contributed by atoms with van der Waals surface area (Å²) in [4.78, 5) is 27.0. The van der Waals surface area contributed by atoms with E-state index in [9.17, 15) is 9.59 Å². The number of imide groups is 1. The van der Waals surface area contributed by atoms with Gasteiger partial charge in [-0.2, -0.15) is 0 Å². The average molecular weight is 349 g/mol. The third-order valence-electron chi connectivity index (χ3n) is 2.83. The van der Waals surface area contributed by atoms with Crippen LogP contribution < -0.4 is 15.4 Å². The summed E-state index contributed by atoms with van der Waals surface area (Å²) in [7, 11) is 0. The van der Waals surface area contributed by atoms with Gasteiger partial charge in [-0.25, -0.2) is 9.78 Å². The number of H-pyrrole nitrogens is 1. The standard InChI is InChI=1S/C15H19N5O3S/c1-3-16-14(22)18-13(21)9-24-15-17-12(19-20-15)8-23-11-6-4-10(2)5-7-11/h4-7H,3,8-9H2,1-2H3,(H,17,19,20)(H2,16,18,21,22). The van der Waals surface area contributed by atoms with Crippen molar-refractivity contribution >= 4 is 23.7 Å². The van der Waals surface area contributed by atoms with E-state index in [0.29, 0.717) is 17.5 Å². The Morgan fingerprint density at radius 3 is 2.75 bits per heavy atom. The highest BCUT2D eigenvalue weighted by atomic mass is 32.2. The highest BCUT2D eigenvalue weighted by Gasteiger charge is 2.10. The minimum Gasteiger partial charge on any atom is -0.486 e. The molecule has 0 spiro atoms. The lowest BCUT2D eigenvalue weighted by Crippen LogP contribution is -2.40. The predicted octanol–water partition coefficient (Wildman–Crippen LogP) is 1.63. The van der Waals surface area contributed by atoms with E-state index < -0.39 is 11.9 Å². The number of hydrogen-bond acceptors (Lipinski definition) is 6. The highest BCUT2D eigenvalue weighted by molar-refractivity contribution is 7.99. The number of urea groups is 1. The molecule has 2 aromatic rings. The first-order chi connectivity index (χ1) is 11.6. The largest absolute Gasteiger partial charge is 0.486 e. The van der Waals surface area contributed by atoms with Gasteiger partial charge in [-0.1, -0.05) is 29.5 Å². The van der Waals surface area contributed by atoms with E-state index in [-0.39, 0.29) is 12.4 Å². The van der Waals surface area contributed by atoms with Gasteiger partial charge in [-0.05, 0) is 26.0 Å². The number of carbonyl (C=O) groups excluding carboxylic acids is 2. The molecular weight excluding hydrogens is 330 g/mol. The van der Waals surface area contributed by atoms with Gasteiger partial charge in [0.05, 0.1) is 5.75 Å². The molecule has 0 radical (unpaired) electrons. The van der Waals surface area contributed by atoms with E-state index in [1.54, 1.807) is 6.92 Å². The van der Waals surface area contributed by atoms with Gasteiger partial charge in [0.15, 0.2) is 5.82 Å². The fraction of sp³-hybridized carbons (Fsp3) is 0.333. The van der Waals surface area contributed by atoms with Crippen molar-refractivity contribution < 1.29 is 14.3 Å². The zero-order valence-corrected chi connectivity index (χ0v) is 14.3. The van der Waals surface area contributed by atoms with E-state index in [4.69, 9.17) is 4.74 Å². The van der Waals surface area contributed by atoms with Crippen LogP contribution in [-0.4, -0.2) is 39.4 Å². The van der Waals surface area contributed by atoms with Crippen LogP contribution in [0.4, 0.5) is 4.79 Å². The summed E-state index contributed by atoms with van der Waals surface area (Å²) >= 11 is 1.13. The van der Waals surface area contributed by atoms with Crippen molar-refractivity contribution in [3.63, 3.8) is 0 Å². The second kappa shape index (κ2) is 8.92. The third kappa shape index (κ3) is 5.92. The summed E-state index contributed by atoms with van der Waals surface area (Å²) in [6, 6.07) is 7.18. The second-order valence-corrected chi connectivity index (χ2v) is 5.81. The molecule has 128 valence electrons. The van der Waals surface area contributed by atoms with E-state index >= 15 is 0 Å². The Morgan fingerprint density at radius 1 is 1.29 bits per heavy atom. The summed E-state index contributed by atoms with van der Waals surface area (Å²) in [6.07, 6.45) is 0. The smallest absolute Gasteiger partial charge is 0.321 e. The quantitative estimate of drug-likeness (QED) is 0.656. The molecule has 0 saturated carbocycles. The number of ether oxygens (including phenoxy) is 1. The van der Waals surface area contributed by atoms with Crippen molar-refractivity contribution in [3.05, 3.63) is 35.7 Å². The molecule has 0 saturated heterocycles. The van der Waals surface area contributed by atoms with E-state index in [0.717, 1.165) is 23.1 Å². The first kappa shape index (κ1) is 17.8. The number of amides is 3. The van der Waals surface area contributed by atoms with Gasteiger partial charge in [0.25, 0.3) is 0 Å². The molecular formula is C15H19N5O3S. The van der Waals surface area contributed by atoms with Crippen LogP contribution in [0.15, 0.2) is 29.4 Å². The monoisotopic (exact) mass is 349 g/mol. The number of nitrogens with zero attached hydrogens (tertiary/aromatic N) is 2. The summed E-state index contributed by atoms with van der Waals surface area (Å²) in [5.41, 5.74) is 1.16. The van der Waals surface area contributed by atoms with Crippen molar-refractivity contribution in [1.82, 2.24) is 25.8 Å². The molecule has 3 N–H and O–H groups in total. The normalized spacial score (nSPS) is 10.2. The fourth-order valence-corrected chi connectivity index (χ4v) is 2.31. The molecule has 0 aliphatic heterocycles. The van der Waals surface area contributed by atoms with E-state index in [2.05, 4.69) is 25.8 Å². The maximum Gasteiger partial charge on any atom is 0.321 e. The number of rotatable bonds is 7. The number of aryl methyl sites for hydroxylation is 1. The van der Waals surface area contributed by atoms with Gasteiger partial charge in [0, 0.05) is 6.54 Å². The average Bonchev–Trinajstić information content (AvgIpc) is 3.00. The maximum absolute atomic E-state index is 11.6. The minimum atomic E-state index is -0.509. The molecule has 0 aliphatic rings. The molecule has 0 atom stereocenters. The third-order valence-corrected chi connectivity index (χ3v) is 3.68. The summed E-state index contributed by atoms with van der Waals surface area (Å²) in [5, 5.41) is 11.9. The zero-order chi connectivity index (χ0) is 17.4. The maximum atomic E-state index is 11.6. The Balaban J connectivity index is 1.75. The molecule has 1 heterocycles. The molecule has 0 aliphatic carbocycles. The van der Waals surface area contributed by atoms with Crippen molar-refractivity contribution in [1.29, 1.82) is 0 Å². The van der Waals surface area contributed by atoms with Crippen molar-refractivity contribution in [3.8, 4) is 5.75 Å². The first-order valence-corrected chi connectivity index (χ1v) is 8.36. The number of benzene rings is 1. The van der Waals surface area contributed by atoms with E-state index in [1.165, 1.54) is 0 Å². The molecule has 0 fully saturated rings. The van der Waals surface area contributed by atoms with Crippen LogP contribution in [0.5, 0.6) is 5.75 Å². The molecule has 3 amide bonds. The molecule has 24 heavy (non-hydrogen) atoms. The SMILES string of the molecule is CCNC(=O)NC(=O)CSc1n[nH]c(COc2ccc(C)cc2)n1. The van der Waals surface area contributed by atoms with Gasteiger partial charge in [-0.3, -0.25) is 15.2 Å². The van der Waals surface area contributed by atoms with Crippen molar-refractivity contribution in [2.45, 2.75) is 25.6 Å². The number of aromatic nitrogens is 3.